The van der Waals surface area contributed by atoms with E-state index in [-0.39, 0.29) is 13.2 Å². The van der Waals surface area contributed by atoms with Gasteiger partial charge in [0.15, 0.2) is 0 Å². The molecule has 1 aromatic rings. The van der Waals surface area contributed by atoms with Crippen LogP contribution >= 0.6 is 0 Å². The number of esters is 1. The summed E-state index contributed by atoms with van der Waals surface area (Å²) in [6, 6.07) is 9.37. The fourth-order valence-electron chi connectivity index (χ4n) is 1.29. The molecule has 0 saturated heterocycles. The topological polar surface area (TPSA) is 70.8 Å². The minimum Gasteiger partial charge on any atom is -0.459 e. The lowest BCUT2D eigenvalue weighted by Crippen LogP contribution is -2.46. The maximum Gasteiger partial charge on any atom is 0.343 e. The van der Waals surface area contributed by atoms with Crippen molar-refractivity contribution in [2.45, 2.75) is 19.1 Å². The van der Waals surface area contributed by atoms with Gasteiger partial charge in [-0.3, -0.25) is 4.84 Å². The van der Waals surface area contributed by atoms with Crippen LogP contribution in [0.5, 0.6) is 0 Å². The van der Waals surface area contributed by atoms with Crippen LogP contribution in [0.2, 0.25) is 0 Å². The summed E-state index contributed by atoms with van der Waals surface area (Å²) in [4.78, 5) is 16.4. The molecule has 0 saturated carbocycles. The number of hydrogen-bond acceptors (Lipinski definition) is 5. The predicted octanol–water partition coefficient (Wildman–Crippen LogP) is 1.03. The van der Waals surface area contributed by atoms with E-state index in [9.17, 15) is 4.79 Å². The normalized spacial score (nSPS) is 14.1. The number of rotatable bonds is 6. The van der Waals surface area contributed by atoms with Crippen molar-refractivity contribution in [2.75, 3.05) is 13.7 Å². The van der Waals surface area contributed by atoms with Crippen LogP contribution < -0.4 is 5.90 Å². The van der Waals surface area contributed by atoms with E-state index in [0.29, 0.717) is 0 Å². The van der Waals surface area contributed by atoms with Crippen LogP contribution in [0.25, 0.3) is 0 Å². The maximum atomic E-state index is 11.8. The Kier molecular flexibility index (Phi) is 5.09. The zero-order valence-electron chi connectivity index (χ0n) is 10.0. The first kappa shape index (κ1) is 13.6. The first-order valence-electron chi connectivity index (χ1n) is 5.20. The van der Waals surface area contributed by atoms with E-state index in [4.69, 9.17) is 15.4 Å². The van der Waals surface area contributed by atoms with Gasteiger partial charge >= 0.3 is 5.97 Å². The second kappa shape index (κ2) is 6.34. The number of benzene rings is 1. The monoisotopic (exact) mass is 239 g/mol. The van der Waals surface area contributed by atoms with Crippen LogP contribution in [0.1, 0.15) is 12.5 Å². The molecule has 94 valence electrons. The number of carbonyl (C=O) groups is 1. The summed E-state index contributed by atoms with van der Waals surface area (Å²) in [5.74, 6) is 4.53. The molecular weight excluding hydrogens is 222 g/mol. The van der Waals surface area contributed by atoms with E-state index >= 15 is 0 Å². The van der Waals surface area contributed by atoms with Crippen molar-refractivity contribution >= 4 is 5.97 Å². The third kappa shape index (κ3) is 3.81. The van der Waals surface area contributed by atoms with Crippen LogP contribution in [0.4, 0.5) is 0 Å². The quantitative estimate of drug-likeness (QED) is 0.593. The average Bonchev–Trinajstić information content (AvgIpc) is 2.37. The molecule has 0 aliphatic heterocycles. The summed E-state index contributed by atoms with van der Waals surface area (Å²) in [6.45, 7) is 1.74. The Morgan fingerprint density at radius 2 is 2.00 bits per heavy atom. The zero-order chi connectivity index (χ0) is 12.7. The fourth-order valence-corrected chi connectivity index (χ4v) is 1.29. The Bertz CT molecular complexity index is 355. The first-order chi connectivity index (χ1) is 8.12. The van der Waals surface area contributed by atoms with Crippen LogP contribution in [0.15, 0.2) is 30.3 Å². The lowest BCUT2D eigenvalue weighted by molar-refractivity contribution is -0.179. The second-order valence-corrected chi connectivity index (χ2v) is 3.84. The van der Waals surface area contributed by atoms with Gasteiger partial charge in [0.1, 0.15) is 6.61 Å². The summed E-state index contributed by atoms with van der Waals surface area (Å²) in [5.41, 5.74) is -0.374. The summed E-state index contributed by atoms with van der Waals surface area (Å²) in [6.07, 6.45) is 0. The lowest BCUT2D eigenvalue weighted by atomic mass is 10.1. The van der Waals surface area contributed by atoms with Crippen molar-refractivity contribution in [1.29, 1.82) is 0 Å². The molecule has 0 aliphatic rings. The maximum absolute atomic E-state index is 11.8. The Hall–Kier alpha value is -1.43. The molecular formula is C12H17NO4. The number of methoxy groups -OCH3 is 1. The molecule has 0 aliphatic carbocycles. The molecule has 1 aromatic carbocycles. The van der Waals surface area contributed by atoms with Gasteiger partial charge < -0.3 is 9.47 Å². The molecule has 0 bridgehead atoms. The minimum atomic E-state index is -1.27. The van der Waals surface area contributed by atoms with Gasteiger partial charge in [0.2, 0.25) is 5.60 Å². The van der Waals surface area contributed by atoms with Crippen molar-refractivity contribution in [3.63, 3.8) is 0 Å². The van der Waals surface area contributed by atoms with E-state index in [0.717, 1.165) is 5.56 Å². The highest BCUT2D eigenvalue weighted by atomic mass is 16.7. The average molecular weight is 239 g/mol. The molecule has 1 rings (SSSR count). The second-order valence-electron chi connectivity index (χ2n) is 3.84. The Morgan fingerprint density at radius 3 is 2.53 bits per heavy atom. The van der Waals surface area contributed by atoms with Crippen molar-refractivity contribution in [3.05, 3.63) is 35.9 Å². The van der Waals surface area contributed by atoms with Gasteiger partial charge in [-0.2, -0.15) is 0 Å². The van der Waals surface area contributed by atoms with Crippen molar-refractivity contribution in [1.82, 2.24) is 0 Å². The van der Waals surface area contributed by atoms with E-state index in [1.54, 1.807) is 0 Å². The Balaban J connectivity index is 2.54. The molecule has 0 heterocycles. The molecule has 0 spiro atoms. The van der Waals surface area contributed by atoms with E-state index in [2.05, 4.69) is 4.84 Å². The molecule has 2 N–H and O–H groups in total. The molecule has 0 unspecified atom stereocenters. The molecule has 5 heteroatoms. The van der Waals surface area contributed by atoms with Gasteiger partial charge in [0.05, 0.1) is 6.61 Å². The van der Waals surface area contributed by atoms with Gasteiger partial charge in [0.25, 0.3) is 0 Å². The smallest absolute Gasteiger partial charge is 0.343 e. The van der Waals surface area contributed by atoms with Gasteiger partial charge in [-0.15, -0.1) is 0 Å². The fraction of sp³-hybridized carbons (Fsp3) is 0.417. The summed E-state index contributed by atoms with van der Waals surface area (Å²) < 4.78 is 9.98. The van der Waals surface area contributed by atoms with Crippen LogP contribution in [-0.2, 0) is 25.7 Å². The highest BCUT2D eigenvalue weighted by molar-refractivity contribution is 5.79. The largest absolute Gasteiger partial charge is 0.459 e. The standard InChI is InChI=1S/C12H17NO4/c1-12(17-13,9-15-2)11(14)16-8-10-6-4-3-5-7-10/h3-7H,8-9,13H2,1-2H3/t12-/m0/s1. The predicted molar refractivity (Wildman–Crippen MR) is 61.8 cm³/mol. The molecule has 0 amide bonds. The van der Waals surface area contributed by atoms with Crippen molar-refractivity contribution < 1.29 is 19.1 Å². The molecule has 0 radical (unpaired) electrons. The van der Waals surface area contributed by atoms with Crippen LogP contribution in [0, 0.1) is 0 Å². The number of ether oxygens (including phenoxy) is 2. The van der Waals surface area contributed by atoms with E-state index in [1.807, 2.05) is 30.3 Å². The highest BCUT2D eigenvalue weighted by Crippen LogP contribution is 2.12. The first-order valence-corrected chi connectivity index (χ1v) is 5.20. The summed E-state index contributed by atoms with van der Waals surface area (Å²) in [7, 11) is 1.46. The van der Waals surface area contributed by atoms with Gasteiger partial charge in [-0.05, 0) is 12.5 Å². The SMILES string of the molecule is COC[C@](C)(ON)C(=O)OCc1ccccc1. The zero-order valence-corrected chi connectivity index (χ0v) is 10.0. The third-order valence-electron chi connectivity index (χ3n) is 2.32. The Morgan fingerprint density at radius 1 is 1.35 bits per heavy atom. The number of carbonyl (C=O) groups excluding carboxylic acids is 1. The van der Waals surface area contributed by atoms with Crippen LogP contribution in [-0.4, -0.2) is 25.3 Å². The van der Waals surface area contributed by atoms with Crippen molar-refractivity contribution in [2.24, 2.45) is 5.90 Å². The van der Waals surface area contributed by atoms with Gasteiger partial charge in [-0.1, -0.05) is 30.3 Å². The van der Waals surface area contributed by atoms with Crippen LogP contribution in [0.3, 0.4) is 0 Å². The van der Waals surface area contributed by atoms with Gasteiger partial charge in [-0.25, -0.2) is 10.7 Å². The number of hydrogen-bond donors (Lipinski definition) is 1. The van der Waals surface area contributed by atoms with E-state index in [1.165, 1.54) is 14.0 Å². The molecule has 17 heavy (non-hydrogen) atoms. The summed E-state index contributed by atoms with van der Waals surface area (Å²) >= 11 is 0. The Labute approximate surface area is 100 Å². The summed E-state index contributed by atoms with van der Waals surface area (Å²) in [5, 5.41) is 0. The third-order valence-corrected chi connectivity index (χ3v) is 2.32. The molecule has 1 atom stereocenters. The molecule has 0 aromatic heterocycles. The van der Waals surface area contributed by atoms with Gasteiger partial charge in [0, 0.05) is 7.11 Å². The minimum absolute atomic E-state index is 0.0388. The highest BCUT2D eigenvalue weighted by Gasteiger charge is 2.36. The van der Waals surface area contributed by atoms with Crippen molar-refractivity contribution in [3.8, 4) is 0 Å². The molecule has 0 fully saturated rings. The van der Waals surface area contributed by atoms with E-state index < -0.39 is 11.6 Å². The lowest BCUT2D eigenvalue weighted by Gasteiger charge is -2.23. The molecule has 5 nitrogen and oxygen atoms in total. The number of nitrogens with two attached hydrogens (primary N) is 1.